The summed E-state index contributed by atoms with van der Waals surface area (Å²) < 4.78 is 0. The number of aryl methyl sites for hydroxylation is 6. The van der Waals surface area contributed by atoms with Crippen LogP contribution in [-0.4, -0.2) is 21.4 Å². The van der Waals surface area contributed by atoms with E-state index in [4.69, 9.17) is 9.98 Å². The van der Waals surface area contributed by atoms with Crippen molar-refractivity contribution in [1.29, 1.82) is 0 Å². The highest BCUT2D eigenvalue weighted by atomic mass is 14.8. The minimum absolute atomic E-state index is 0.979. The van der Waals surface area contributed by atoms with Gasteiger partial charge in [0.05, 0.1) is 34.2 Å². The first-order valence-corrected chi connectivity index (χ1v) is 13.7. The Kier molecular flexibility index (Phi) is 6.49. The van der Waals surface area contributed by atoms with E-state index < -0.39 is 0 Å². The van der Waals surface area contributed by atoms with Gasteiger partial charge in [0.25, 0.3) is 0 Å². The minimum Gasteiger partial charge on any atom is -0.255 e. The lowest BCUT2D eigenvalue weighted by Crippen LogP contribution is -2.13. The van der Waals surface area contributed by atoms with Gasteiger partial charge in [0.1, 0.15) is 0 Å². The van der Waals surface area contributed by atoms with Gasteiger partial charge in [0, 0.05) is 12.4 Å². The van der Waals surface area contributed by atoms with Crippen molar-refractivity contribution in [2.45, 2.75) is 66.2 Å². The lowest BCUT2D eigenvalue weighted by atomic mass is 9.93. The average Bonchev–Trinajstić information content (AvgIpc) is 2.92. The van der Waals surface area contributed by atoms with Crippen molar-refractivity contribution in [2.75, 3.05) is 0 Å². The smallest absolute Gasteiger partial charge is 0.0876 e. The van der Waals surface area contributed by atoms with Crippen molar-refractivity contribution >= 4 is 22.8 Å². The summed E-state index contributed by atoms with van der Waals surface area (Å²) >= 11 is 0. The van der Waals surface area contributed by atoms with Crippen molar-refractivity contribution in [3.63, 3.8) is 0 Å². The highest BCUT2D eigenvalue weighted by molar-refractivity contribution is 6.03. The van der Waals surface area contributed by atoms with E-state index in [1.54, 1.807) is 0 Å². The second-order valence-electron chi connectivity index (χ2n) is 10.8. The van der Waals surface area contributed by atoms with Crippen LogP contribution in [0.2, 0.25) is 0 Å². The highest BCUT2D eigenvalue weighted by Gasteiger charge is 2.19. The Balaban J connectivity index is 1.35. The topological polar surface area (TPSA) is 50.5 Å². The Morgan fingerprint density at radius 2 is 0.947 bits per heavy atom. The van der Waals surface area contributed by atoms with Crippen LogP contribution in [0.5, 0.6) is 0 Å². The van der Waals surface area contributed by atoms with Gasteiger partial charge in [0.2, 0.25) is 0 Å². The normalized spacial score (nSPS) is 16.9. The molecule has 0 radical (unpaired) electrons. The van der Waals surface area contributed by atoms with Crippen molar-refractivity contribution in [3.05, 3.63) is 106 Å². The minimum atomic E-state index is 0.979. The van der Waals surface area contributed by atoms with Crippen LogP contribution in [0.1, 0.15) is 70.5 Å². The molecule has 0 N–H and O–H groups in total. The maximum atomic E-state index is 5.16. The van der Waals surface area contributed by atoms with Crippen LogP contribution in [-0.2, 0) is 12.8 Å². The Morgan fingerprint density at radius 3 is 1.34 bits per heavy atom. The van der Waals surface area contributed by atoms with Crippen LogP contribution in [0, 0.1) is 27.7 Å². The predicted octanol–water partition coefficient (Wildman–Crippen LogP) is 8.29. The van der Waals surface area contributed by atoms with E-state index in [-0.39, 0.29) is 0 Å². The number of hydrogen-bond donors (Lipinski definition) is 0. The van der Waals surface area contributed by atoms with Gasteiger partial charge in [-0.05, 0) is 147 Å². The number of fused-ring (bicyclic) bond motifs is 2. The quantitative estimate of drug-likeness (QED) is 0.285. The Morgan fingerprint density at radius 1 is 0.553 bits per heavy atom. The summed E-state index contributed by atoms with van der Waals surface area (Å²) in [6.45, 7) is 8.69. The van der Waals surface area contributed by atoms with Gasteiger partial charge in [-0.15, -0.1) is 0 Å². The lowest BCUT2D eigenvalue weighted by Gasteiger charge is -2.19. The molecule has 2 heterocycles. The number of hydrogen-bond acceptors (Lipinski definition) is 4. The molecule has 0 bridgehead atoms. The molecule has 2 aliphatic rings. The maximum Gasteiger partial charge on any atom is 0.0876 e. The summed E-state index contributed by atoms with van der Waals surface area (Å²) in [7, 11) is 0. The van der Waals surface area contributed by atoms with Crippen LogP contribution in [0.4, 0.5) is 11.4 Å². The molecule has 4 heteroatoms. The SMILES string of the molecule is Cc1cc(-c2cc(C)c(N=C3CCCc4cccnc43)c(C)c2)cc(C)c1N=C1CCCc2cccnc21. The Labute approximate surface area is 225 Å². The van der Waals surface area contributed by atoms with Crippen molar-refractivity contribution in [3.8, 4) is 11.1 Å². The summed E-state index contributed by atoms with van der Waals surface area (Å²) in [5.41, 5.74) is 16.4. The van der Waals surface area contributed by atoms with Gasteiger partial charge >= 0.3 is 0 Å². The number of nitrogens with zero attached hydrogens (tertiary/aromatic N) is 4. The largest absolute Gasteiger partial charge is 0.255 e. The number of pyridine rings is 2. The molecule has 0 saturated heterocycles. The molecule has 6 rings (SSSR count). The fourth-order valence-electron chi connectivity index (χ4n) is 6.02. The molecule has 190 valence electrons. The summed E-state index contributed by atoms with van der Waals surface area (Å²) in [6.07, 6.45) is 10.1. The molecular formula is C34H34N4. The summed E-state index contributed by atoms with van der Waals surface area (Å²) in [5, 5.41) is 0. The second-order valence-corrected chi connectivity index (χ2v) is 10.8. The standard InChI is InChI=1S/C34H34N4/c1-21-17-27(18-22(2)31(21)37-29-13-5-9-25-11-7-15-35-33(25)29)28-19-23(3)32(24(4)20-28)38-30-14-6-10-26-12-8-16-36-34(26)30/h7-8,11-12,15-20H,5-6,9-10,13-14H2,1-4H3. The molecule has 0 fully saturated rings. The predicted molar refractivity (Wildman–Crippen MR) is 158 cm³/mol. The fraction of sp³-hybridized carbons (Fsp3) is 0.294. The molecule has 2 aliphatic carbocycles. The van der Waals surface area contributed by atoms with Gasteiger partial charge in [-0.25, -0.2) is 0 Å². The van der Waals surface area contributed by atoms with Crippen LogP contribution in [0.15, 0.2) is 70.9 Å². The fourth-order valence-corrected chi connectivity index (χ4v) is 6.02. The zero-order valence-corrected chi connectivity index (χ0v) is 22.8. The molecular weight excluding hydrogens is 464 g/mol. The van der Waals surface area contributed by atoms with Gasteiger partial charge < -0.3 is 0 Å². The van der Waals surface area contributed by atoms with Gasteiger partial charge in [-0.1, -0.05) is 12.1 Å². The van der Waals surface area contributed by atoms with Gasteiger partial charge in [-0.2, -0.15) is 0 Å². The van der Waals surface area contributed by atoms with E-state index in [0.717, 1.165) is 72.7 Å². The van der Waals surface area contributed by atoms with Crippen LogP contribution in [0.3, 0.4) is 0 Å². The third-order valence-electron chi connectivity index (χ3n) is 7.86. The highest BCUT2D eigenvalue weighted by Crippen LogP contribution is 2.36. The molecule has 0 amide bonds. The van der Waals surface area contributed by atoms with E-state index in [1.807, 2.05) is 24.5 Å². The van der Waals surface area contributed by atoms with Gasteiger partial charge in [-0.3, -0.25) is 20.0 Å². The summed E-state index contributed by atoms with van der Waals surface area (Å²) in [6, 6.07) is 17.5. The zero-order chi connectivity index (χ0) is 26.2. The number of aliphatic imine (C=N–C) groups is 2. The van der Waals surface area contributed by atoms with E-state index in [0.29, 0.717) is 0 Å². The molecule has 2 aromatic heterocycles. The van der Waals surface area contributed by atoms with Gasteiger partial charge in [0.15, 0.2) is 0 Å². The van der Waals surface area contributed by atoms with E-state index >= 15 is 0 Å². The third-order valence-corrected chi connectivity index (χ3v) is 7.86. The second kappa shape index (κ2) is 10.1. The number of rotatable bonds is 3. The van der Waals surface area contributed by atoms with Crippen molar-refractivity contribution in [1.82, 2.24) is 9.97 Å². The summed E-state index contributed by atoms with van der Waals surface area (Å²) in [4.78, 5) is 19.6. The molecule has 4 aromatic rings. The zero-order valence-electron chi connectivity index (χ0n) is 22.8. The van der Waals surface area contributed by atoms with Crippen LogP contribution in [0.25, 0.3) is 11.1 Å². The Hall–Kier alpha value is -3.92. The Bertz CT molecular complexity index is 1440. The maximum absolute atomic E-state index is 5.16. The third kappa shape index (κ3) is 4.60. The van der Waals surface area contributed by atoms with Crippen LogP contribution >= 0.6 is 0 Å². The van der Waals surface area contributed by atoms with Crippen molar-refractivity contribution in [2.24, 2.45) is 9.98 Å². The lowest BCUT2D eigenvalue weighted by molar-refractivity contribution is 0.826. The molecule has 0 unspecified atom stereocenters. The molecule has 0 atom stereocenters. The molecule has 0 saturated carbocycles. The number of benzene rings is 2. The first-order chi connectivity index (χ1) is 18.5. The molecule has 2 aromatic carbocycles. The monoisotopic (exact) mass is 498 g/mol. The van der Waals surface area contributed by atoms with E-state index in [1.165, 1.54) is 44.5 Å². The first-order valence-electron chi connectivity index (χ1n) is 13.7. The molecule has 0 aliphatic heterocycles. The first kappa shape index (κ1) is 24.4. The van der Waals surface area contributed by atoms with E-state index in [9.17, 15) is 0 Å². The molecule has 38 heavy (non-hydrogen) atoms. The average molecular weight is 499 g/mol. The van der Waals surface area contributed by atoms with Crippen LogP contribution < -0.4 is 0 Å². The van der Waals surface area contributed by atoms with Crippen molar-refractivity contribution < 1.29 is 0 Å². The number of aromatic nitrogens is 2. The molecule has 0 spiro atoms. The molecule has 4 nitrogen and oxygen atoms in total. The summed E-state index contributed by atoms with van der Waals surface area (Å²) in [5.74, 6) is 0. The van der Waals surface area contributed by atoms with E-state index in [2.05, 4.69) is 74.1 Å².